The zero-order chi connectivity index (χ0) is 21.3. The van der Waals surface area contributed by atoms with Gasteiger partial charge < -0.3 is 10.4 Å². The SMILES string of the molecule is CC1(C)CCC1NC(=O)c1nc(N(C#N)c2cc(F)nc(F)c2)sc1NC(=O)O. The lowest BCUT2D eigenvalue weighted by molar-refractivity contribution is 0.0729. The second kappa shape index (κ2) is 7.59. The fourth-order valence-electron chi connectivity index (χ4n) is 2.89. The van der Waals surface area contributed by atoms with E-state index in [-0.39, 0.29) is 33.0 Å². The molecule has 0 saturated heterocycles. The fraction of sp³-hybridized carbons (Fsp3) is 0.353. The van der Waals surface area contributed by atoms with Crippen LogP contribution in [0.3, 0.4) is 0 Å². The number of nitrogens with one attached hydrogen (secondary N) is 2. The van der Waals surface area contributed by atoms with Gasteiger partial charge in [0.25, 0.3) is 5.91 Å². The number of carboxylic acid groups (broad SMARTS) is 1. The quantitative estimate of drug-likeness (QED) is 0.382. The molecule has 2 amide bonds. The molecule has 1 aliphatic carbocycles. The molecule has 1 aliphatic rings. The number of carbonyl (C=O) groups is 2. The van der Waals surface area contributed by atoms with Crippen molar-refractivity contribution in [2.75, 3.05) is 10.2 Å². The highest BCUT2D eigenvalue weighted by Gasteiger charge is 2.40. The number of anilines is 3. The molecule has 2 heterocycles. The molecule has 3 rings (SSSR count). The van der Waals surface area contributed by atoms with Crippen molar-refractivity contribution in [2.45, 2.75) is 32.7 Å². The monoisotopic (exact) mass is 422 g/mol. The first kappa shape index (κ1) is 20.4. The molecule has 9 nitrogen and oxygen atoms in total. The van der Waals surface area contributed by atoms with Gasteiger partial charge >= 0.3 is 6.09 Å². The Bertz CT molecular complexity index is 999. The summed E-state index contributed by atoms with van der Waals surface area (Å²) in [7, 11) is 0. The topological polar surface area (TPSA) is 131 Å². The van der Waals surface area contributed by atoms with Gasteiger partial charge in [-0.1, -0.05) is 25.2 Å². The highest BCUT2D eigenvalue weighted by Crippen LogP contribution is 2.41. The van der Waals surface area contributed by atoms with Crippen molar-refractivity contribution in [3.63, 3.8) is 0 Å². The summed E-state index contributed by atoms with van der Waals surface area (Å²) in [4.78, 5) is 31.5. The Morgan fingerprint density at radius 3 is 2.48 bits per heavy atom. The van der Waals surface area contributed by atoms with Crippen LogP contribution in [0.1, 0.15) is 37.2 Å². The van der Waals surface area contributed by atoms with E-state index in [1.807, 2.05) is 13.8 Å². The Hall–Kier alpha value is -3.33. The average molecular weight is 422 g/mol. The van der Waals surface area contributed by atoms with Crippen LogP contribution in [0.4, 0.5) is 29.4 Å². The number of hydrogen-bond donors (Lipinski definition) is 3. The standard InChI is InChI=1S/C17H16F2N6O3S/c1-17(2)4-3-9(17)21-13(26)12-14(24-16(27)28)29-15(23-12)25(7-20)8-5-10(18)22-11(19)6-8/h5-6,9,24H,3-4H2,1-2H3,(H,21,26)(H,27,28). The molecule has 152 valence electrons. The van der Waals surface area contributed by atoms with Crippen molar-refractivity contribution >= 4 is 39.2 Å². The summed E-state index contributed by atoms with van der Waals surface area (Å²) in [6.07, 6.45) is 1.99. The molecule has 0 aromatic carbocycles. The summed E-state index contributed by atoms with van der Waals surface area (Å²) in [5.41, 5.74) is -0.537. The molecular formula is C17H16F2N6O3S. The number of halogens is 2. The second-order valence-electron chi connectivity index (χ2n) is 7.06. The molecule has 0 aliphatic heterocycles. The summed E-state index contributed by atoms with van der Waals surface area (Å²) in [5, 5.41) is 23.1. The van der Waals surface area contributed by atoms with Gasteiger partial charge in [0.15, 0.2) is 11.9 Å². The third-order valence-corrected chi connectivity index (χ3v) is 5.63. The largest absolute Gasteiger partial charge is 0.465 e. The maximum atomic E-state index is 13.4. The van der Waals surface area contributed by atoms with Crippen molar-refractivity contribution in [3.05, 3.63) is 29.7 Å². The van der Waals surface area contributed by atoms with Crippen molar-refractivity contribution in [3.8, 4) is 6.19 Å². The van der Waals surface area contributed by atoms with E-state index in [1.165, 1.54) is 0 Å². The summed E-state index contributed by atoms with van der Waals surface area (Å²) in [6, 6.07) is 1.52. The fourth-order valence-corrected chi connectivity index (χ4v) is 3.82. The Morgan fingerprint density at radius 2 is 2.00 bits per heavy atom. The maximum Gasteiger partial charge on any atom is 0.409 e. The number of nitriles is 1. The normalized spacial score (nSPS) is 17.0. The Balaban J connectivity index is 1.96. The molecule has 1 atom stereocenters. The summed E-state index contributed by atoms with van der Waals surface area (Å²) >= 11 is 0.682. The smallest absolute Gasteiger partial charge is 0.409 e. The molecule has 1 saturated carbocycles. The van der Waals surface area contributed by atoms with Gasteiger partial charge in [-0.3, -0.25) is 10.1 Å². The summed E-state index contributed by atoms with van der Waals surface area (Å²) < 4.78 is 26.9. The van der Waals surface area contributed by atoms with Crippen molar-refractivity contribution < 1.29 is 23.5 Å². The predicted molar refractivity (Wildman–Crippen MR) is 99.9 cm³/mol. The van der Waals surface area contributed by atoms with Crippen LogP contribution in [0.2, 0.25) is 0 Å². The number of pyridine rings is 1. The van der Waals surface area contributed by atoms with Crippen molar-refractivity contribution in [2.24, 2.45) is 5.41 Å². The first-order valence-corrected chi connectivity index (χ1v) is 9.27. The number of rotatable bonds is 5. The number of aromatic nitrogens is 2. The minimum Gasteiger partial charge on any atom is -0.465 e. The van der Waals surface area contributed by atoms with E-state index in [9.17, 15) is 23.6 Å². The molecule has 0 spiro atoms. The van der Waals surface area contributed by atoms with Crippen molar-refractivity contribution in [1.29, 1.82) is 5.26 Å². The van der Waals surface area contributed by atoms with Gasteiger partial charge in [0.1, 0.15) is 5.00 Å². The van der Waals surface area contributed by atoms with Crippen molar-refractivity contribution in [1.82, 2.24) is 15.3 Å². The minimum atomic E-state index is -1.43. The van der Waals surface area contributed by atoms with Crippen LogP contribution in [0, 0.1) is 28.8 Å². The molecule has 0 bridgehead atoms. The molecule has 2 aromatic heterocycles. The number of nitrogens with zero attached hydrogens (tertiary/aromatic N) is 4. The summed E-state index contributed by atoms with van der Waals surface area (Å²) in [5.74, 6) is -2.91. The Kier molecular flexibility index (Phi) is 5.34. The molecule has 1 fully saturated rings. The molecule has 3 N–H and O–H groups in total. The van der Waals surface area contributed by atoms with Crippen LogP contribution in [0.25, 0.3) is 0 Å². The molecule has 12 heteroatoms. The van der Waals surface area contributed by atoms with E-state index in [0.29, 0.717) is 11.3 Å². The minimum absolute atomic E-state index is 0.0975. The maximum absolute atomic E-state index is 13.4. The molecule has 29 heavy (non-hydrogen) atoms. The molecule has 2 aromatic rings. The Labute approximate surface area is 168 Å². The van der Waals surface area contributed by atoms with E-state index < -0.39 is 23.9 Å². The van der Waals surface area contributed by atoms with E-state index in [4.69, 9.17) is 5.11 Å². The summed E-state index contributed by atoms with van der Waals surface area (Å²) in [6.45, 7) is 3.99. The van der Waals surface area contributed by atoms with E-state index in [1.54, 1.807) is 6.19 Å². The van der Waals surface area contributed by atoms with Crippen LogP contribution in [0.5, 0.6) is 0 Å². The Morgan fingerprint density at radius 1 is 1.34 bits per heavy atom. The van der Waals surface area contributed by atoms with Gasteiger partial charge in [-0.25, -0.2) is 14.7 Å². The first-order valence-electron chi connectivity index (χ1n) is 8.45. The average Bonchev–Trinajstić information content (AvgIpc) is 3.01. The van der Waals surface area contributed by atoms with Gasteiger partial charge in [0.05, 0.1) is 5.69 Å². The van der Waals surface area contributed by atoms with Gasteiger partial charge in [-0.15, -0.1) is 0 Å². The highest BCUT2D eigenvalue weighted by molar-refractivity contribution is 7.20. The van der Waals surface area contributed by atoms with E-state index >= 15 is 0 Å². The first-order chi connectivity index (χ1) is 13.6. The lowest BCUT2D eigenvalue weighted by Gasteiger charge is -2.44. The molecule has 1 unspecified atom stereocenters. The van der Waals surface area contributed by atoms with Gasteiger partial charge in [0, 0.05) is 18.2 Å². The van der Waals surface area contributed by atoms with Crippen LogP contribution in [-0.2, 0) is 0 Å². The van der Waals surface area contributed by atoms with Gasteiger partial charge in [0.2, 0.25) is 17.0 Å². The highest BCUT2D eigenvalue weighted by atomic mass is 32.1. The van der Waals surface area contributed by atoms with E-state index in [0.717, 1.165) is 29.9 Å². The zero-order valence-electron chi connectivity index (χ0n) is 15.4. The number of carbonyl (C=O) groups excluding carboxylic acids is 1. The lowest BCUT2D eigenvalue weighted by atomic mass is 9.67. The lowest BCUT2D eigenvalue weighted by Crippen LogP contribution is -2.52. The predicted octanol–water partition coefficient (Wildman–Crippen LogP) is 3.44. The number of amides is 2. The van der Waals surface area contributed by atoms with Crippen LogP contribution >= 0.6 is 11.3 Å². The third kappa shape index (κ3) is 4.24. The van der Waals surface area contributed by atoms with Crippen LogP contribution in [0.15, 0.2) is 12.1 Å². The van der Waals surface area contributed by atoms with Crippen LogP contribution < -0.4 is 15.5 Å². The zero-order valence-corrected chi connectivity index (χ0v) is 16.2. The van der Waals surface area contributed by atoms with Gasteiger partial charge in [-0.05, 0) is 18.3 Å². The molecule has 0 radical (unpaired) electrons. The number of hydrogen-bond acceptors (Lipinski definition) is 7. The second-order valence-corrected chi connectivity index (χ2v) is 8.04. The molecular weight excluding hydrogens is 406 g/mol. The van der Waals surface area contributed by atoms with E-state index in [2.05, 4.69) is 20.6 Å². The third-order valence-electron chi connectivity index (χ3n) is 4.67. The number of thiazole rings is 1. The van der Waals surface area contributed by atoms with Gasteiger partial charge in [-0.2, -0.15) is 19.0 Å². The van der Waals surface area contributed by atoms with Crippen LogP contribution in [-0.4, -0.2) is 33.1 Å².